The Hall–Kier alpha value is -1.31. The van der Waals surface area contributed by atoms with Crippen LogP contribution in [0.2, 0.25) is 0 Å². The summed E-state index contributed by atoms with van der Waals surface area (Å²) in [4.78, 5) is 12.2. The minimum atomic E-state index is 0.0371. The van der Waals surface area contributed by atoms with Crippen LogP contribution in [-0.2, 0) is 11.2 Å². The average molecular weight is 301 g/mol. The lowest BCUT2D eigenvalue weighted by Crippen LogP contribution is -2.48. The first-order valence-electron chi connectivity index (χ1n) is 8.96. The summed E-state index contributed by atoms with van der Waals surface area (Å²) in [6.07, 6.45) is 9.92. The molecule has 1 aliphatic carbocycles. The van der Waals surface area contributed by atoms with Crippen molar-refractivity contribution in [1.29, 1.82) is 0 Å². The van der Waals surface area contributed by atoms with Gasteiger partial charge in [0.15, 0.2) is 0 Å². The fourth-order valence-corrected chi connectivity index (χ4v) is 3.74. The van der Waals surface area contributed by atoms with Crippen molar-refractivity contribution in [3.63, 3.8) is 0 Å². The van der Waals surface area contributed by atoms with Crippen LogP contribution in [0.4, 0.5) is 0 Å². The molecule has 2 nitrogen and oxygen atoms in total. The van der Waals surface area contributed by atoms with Crippen LogP contribution in [0.1, 0.15) is 70.8 Å². The molecule has 1 saturated carbocycles. The third-order valence-electron chi connectivity index (χ3n) is 5.06. The molecule has 1 aromatic rings. The molecule has 1 N–H and O–H groups in total. The van der Waals surface area contributed by atoms with Crippen LogP contribution in [-0.4, -0.2) is 11.4 Å². The molecule has 22 heavy (non-hydrogen) atoms. The molecule has 0 bridgehead atoms. The van der Waals surface area contributed by atoms with Crippen molar-refractivity contribution in [2.75, 3.05) is 0 Å². The highest BCUT2D eigenvalue weighted by atomic mass is 16.1. The number of hydrogen-bond donors (Lipinski definition) is 1. The van der Waals surface area contributed by atoms with Gasteiger partial charge in [-0.15, -0.1) is 0 Å². The molecule has 0 heterocycles. The number of rotatable bonds is 7. The van der Waals surface area contributed by atoms with Gasteiger partial charge < -0.3 is 5.32 Å². The predicted molar refractivity (Wildman–Crippen MR) is 92.8 cm³/mol. The Morgan fingerprint density at radius 3 is 2.77 bits per heavy atom. The highest BCUT2D eigenvalue weighted by molar-refractivity contribution is 5.76. The van der Waals surface area contributed by atoms with E-state index in [-0.39, 0.29) is 11.4 Å². The number of hydrogen-bond acceptors (Lipinski definition) is 1. The fraction of sp³-hybridized carbons (Fsp3) is 0.650. The van der Waals surface area contributed by atoms with Crippen molar-refractivity contribution in [3.05, 3.63) is 35.9 Å². The van der Waals surface area contributed by atoms with E-state index in [1.807, 2.05) is 6.07 Å². The van der Waals surface area contributed by atoms with Gasteiger partial charge in [-0.3, -0.25) is 4.79 Å². The Labute approximate surface area is 135 Å². The summed E-state index contributed by atoms with van der Waals surface area (Å²) < 4.78 is 0. The SMILES string of the molecule is CCC1CCCC(C)(NC(=O)CCCCc2ccccc2)C1. The van der Waals surface area contributed by atoms with Crippen molar-refractivity contribution >= 4 is 5.91 Å². The predicted octanol–water partition coefficient (Wildman–Crippen LogP) is 4.87. The molecule has 1 aliphatic rings. The Balaban J connectivity index is 1.67. The smallest absolute Gasteiger partial charge is 0.220 e. The number of amides is 1. The third kappa shape index (κ3) is 5.47. The van der Waals surface area contributed by atoms with Crippen LogP contribution in [0.25, 0.3) is 0 Å². The van der Waals surface area contributed by atoms with E-state index >= 15 is 0 Å². The first-order valence-corrected chi connectivity index (χ1v) is 8.96. The van der Waals surface area contributed by atoms with Crippen LogP contribution in [0.5, 0.6) is 0 Å². The van der Waals surface area contributed by atoms with Crippen LogP contribution < -0.4 is 5.32 Å². The molecule has 1 fully saturated rings. The Morgan fingerprint density at radius 1 is 1.27 bits per heavy atom. The maximum atomic E-state index is 12.2. The van der Waals surface area contributed by atoms with Crippen LogP contribution in [0.3, 0.4) is 0 Å². The van der Waals surface area contributed by atoms with Gasteiger partial charge in [-0.2, -0.15) is 0 Å². The van der Waals surface area contributed by atoms with E-state index in [1.165, 1.54) is 24.8 Å². The highest BCUT2D eigenvalue weighted by Crippen LogP contribution is 2.33. The highest BCUT2D eigenvalue weighted by Gasteiger charge is 2.32. The van der Waals surface area contributed by atoms with E-state index < -0.39 is 0 Å². The van der Waals surface area contributed by atoms with E-state index in [4.69, 9.17) is 0 Å². The second-order valence-corrected chi connectivity index (χ2v) is 7.17. The zero-order valence-electron chi connectivity index (χ0n) is 14.2. The Bertz CT molecular complexity index is 456. The topological polar surface area (TPSA) is 29.1 Å². The summed E-state index contributed by atoms with van der Waals surface area (Å²) in [5.74, 6) is 1.03. The number of carbonyl (C=O) groups excluding carboxylic acids is 1. The third-order valence-corrected chi connectivity index (χ3v) is 5.06. The molecule has 2 unspecified atom stereocenters. The lowest BCUT2D eigenvalue weighted by Gasteiger charge is -2.38. The molecule has 0 spiro atoms. The van der Waals surface area contributed by atoms with Gasteiger partial charge in [-0.05, 0) is 50.5 Å². The molecule has 2 rings (SSSR count). The van der Waals surface area contributed by atoms with Gasteiger partial charge in [0.1, 0.15) is 0 Å². The van der Waals surface area contributed by atoms with Crippen LogP contribution in [0.15, 0.2) is 30.3 Å². The minimum Gasteiger partial charge on any atom is -0.351 e. The first-order chi connectivity index (χ1) is 10.6. The molecule has 1 aromatic carbocycles. The molecule has 0 aliphatic heterocycles. The molecular weight excluding hydrogens is 270 g/mol. The number of benzene rings is 1. The Morgan fingerprint density at radius 2 is 2.05 bits per heavy atom. The van der Waals surface area contributed by atoms with Gasteiger partial charge in [0.25, 0.3) is 0 Å². The van der Waals surface area contributed by atoms with Gasteiger partial charge in [-0.25, -0.2) is 0 Å². The lowest BCUT2D eigenvalue weighted by atomic mass is 9.76. The average Bonchev–Trinajstić information content (AvgIpc) is 2.52. The van der Waals surface area contributed by atoms with Crippen molar-refractivity contribution < 1.29 is 4.79 Å². The molecular formula is C20H31NO. The number of aryl methyl sites for hydroxylation is 1. The quantitative estimate of drug-likeness (QED) is 0.715. The van der Waals surface area contributed by atoms with Crippen LogP contribution in [0, 0.1) is 5.92 Å². The maximum Gasteiger partial charge on any atom is 0.220 e. The summed E-state index contributed by atoms with van der Waals surface area (Å²) >= 11 is 0. The summed E-state index contributed by atoms with van der Waals surface area (Å²) in [7, 11) is 0. The fourth-order valence-electron chi connectivity index (χ4n) is 3.74. The number of carbonyl (C=O) groups is 1. The van der Waals surface area contributed by atoms with Gasteiger partial charge in [0.05, 0.1) is 0 Å². The Kier molecular flexibility index (Phi) is 6.48. The summed E-state index contributed by atoms with van der Waals surface area (Å²) in [5.41, 5.74) is 1.41. The number of nitrogens with one attached hydrogen (secondary N) is 1. The molecule has 2 heteroatoms. The van der Waals surface area contributed by atoms with Crippen molar-refractivity contribution in [2.45, 2.75) is 77.2 Å². The summed E-state index contributed by atoms with van der Waals surface area (Å²) in [5, 5.41) is 3.32. The first kappa shape index (κ1) is 17.1. The molecule has 1 amide bonds. The molecule has 2 atom stereocenters. The van der Waals surface area contributed by atoms with E-state index in [0.29, 0.717) is 6.42 Å². The molecule has 0 radical (unpaired) electrons. The molecule has 122 valence electrons. The minimum absolute atomic E-state index is 0.0371. The van der Waals surface area contributed by atoms with Gasteiger partial charge in [-0.1, -0.05) is 56.5 Å². The standard InChI is InChI=1S/C20H31NO/c1-3-17-13-9-15-20(2,16-17)21-19(22)14-8-7-12-18-10-5-4-6-11-18/h4-6,10-11,17H,3,7-9,12-16H2,1-2H3,(H,21,22). The second-order valence-electron chi connectivity index (χ2n) is 7.17. The van der Waals surface area contributed by atoms with Gasteiger partial charge in [0.2, 0.25) is 5.91 Å². The van der Waals surface area contributed by atoms with E-state index in [1.54, 1.807) is 0 Å². The summed E-state index contributed by atoms with van der Waals surface area (Å²) in [6, 6.07) is 10.5. The molecule has 0 saturated heterocycles. The zero-order valence-corrected chi connectivity index (χ0v) is 14.2. The van der Waals surface area contributed by atoms with Crippen molar-refractivity contribution in [2.24, 2.45) is 5.92 Å². The van der Waals surface area contributed by atoms with Gasteiger partial charge in [0, 0.05) is 12.0 Å². The monoisotopic (exact) mass is 301 g/mol. The molecule has 0 aromatic heterocycles. The van der Waals surface area contributed by atoms with E-state index in [2.05, 4.69) is 43.4 Å². The largest absolute Gasteiger partial charge is 0.351 e. The lowest BCUT2D eigenvalue weighted by molar-refractivity contribution is -0.123. The number of unbranched alkanes of at least 4 members (excludes halogenated alkanes) is 1. The van der Waals surface area contributed by atoms with Gasteiger partial charge >= 0.3 is 0 Å². The van der Waals surface area contributed by atoms with Crippen molar-refractivity contribution in [1.82, 2.24) is 5.32 Å². The maximum absolute atomic E-state index is 12.2. The van der Waals surface area contributed by atoms with Crippen molar-refractivity contribution in [3.8, 4) is 0 Å². The normalized spacial score (nSPS) is 24.9. The van der Waals surface area contributed by atoms with Crippen LogP contribution >= 0.6 is 0 Å². The van der Waals surface area contributed by atoms with E-state index in [0.717, 1.165) is 38.0 Å². The summed E-state index contributed by atoms with van der Waals surface area (Å²) in [6.45, 7) is 4.50. The second kappa shape index (κ2) is 8.36. The zero-order chi connectivity index (χ0) is 15.8. The van der Waals surface area contributed by atoms with E-state index in [9.17, 15) is 4.79 Å².